The molecule has 4 rings (SSSR count). The number of carbonyl (C=O) groups excluding carboxylic acids is 2. The molecule has 0 saturated carbocycles. The lowest BCUT2D eigenvalue weighted by Crippen LogP contribution is -2.52. The van der Waals surface area contributed by atoms with Gasteiger partial charge in [-0.3, -0.25) is 4.79 Å². The lowest BCUT2D eigenvalue weighted by atomic mass is 10.0. The topological polar surface area (TPSA) is 114 Å². The zero-order valence-corrected chi connectivity index (χ0v) is 20.0. The molecule has 2 N–H and O–H groups in total. The van der Waals surface area contributed by atoms with Crippen LogP contribution in [-0.4, -0.2) is 39.7 Å². The number of nitrogens with one attached hydrogen (secondary N) is 2. The van der Waals surface area contributed by atoms with Crippen molar-refractivity contribution in [2.75, 3.05) is 11.9 Å². The van der Waals surface area contributed by atoms with Crippen LogP contribution in [0.15, 0.2) is 77.7 Å². The molecule has 0 radical (unpaired) electrons. The summed E-state index contributed by atoms with van der Waals surface area (Å²) in [5, 5.41) is 2.31. The molecular weight excluding hydrogens is 515 g/mol. The van der Waals surface area contributed by atoms with Gasteiger partial charge in [0.2, 0.25) is 5.91 Å². The van der Waals surface area contributed by atoms with E-state index in [0.717, 1.165) is 23.1 Å². The highest BCUT2D eigenvalue weighted by Gasteiger charge is 2.43. The van der Waals surface area contributed by atoms with E-state index in [4.69, 9.17) is 0 Å². The van der Waals surface area contributed by atoms with Crippen molar-refractivity contribution in [3.8, 4) is 11.5 Å². The van der Waals surface area contributed by atoms with Crippen molar-refractivity contribution in [2.45, 2.75) is 23.7 Å². The smallest absolute Gasteiger partial charge is 0.395 e. The Labute approximate surface area is 209 Å². The maximum absolute atomic E-state index is 14.0. The highest BCUT2D eigenvalue weighted by molar-refractivity contribution is 7.90. The summed E-state index contributed by atoms with van der Waals surface area (Å²) in [5.41, 5.74) is 0.779. The Morgan fingerprint density at radius 3 is 2.32 bits per heavy atom. The number of hydrogen-bond acceptors (Lipinski definition) is 6. The number of fused-ring (bicyclic) bond motifs is 1. The summed E-state index contributed by atoms with van der Waals surface area (Å²) >= 11 is 0. The molecule has 0 unspecified atom stereocenters. The Hall–Kier alpha value is -4.26. The average Bonchev–Trinajstić information content (AvgIpc) is 3.16. The number of nitrogens with zero attached hydrogens (tertiary/aromatic N) is 1. The molecule has 3 aromatic rings. The highest BCUT2D eigenvalue weighted by Crippen LogP contribution is 2.42. The van der Waals surface area contributed by atoms with E-state index >= 15 is 0 Å². The van der Waals surface area contributed by atoms with Crippen LogP contribution in [0.25, 0.3) is 0 Å². The summed E-state index contributed by atoms with van der Waals surface area (Å²) in [7, 11) is -3.25. The van der Waals surface area contributed by atoms with Crippen LogP contribution in [-0.2, 0) is 21.2 Å². The predicted molar refractivity (Wildman–Crippen MR) is 125 cm³/mol. The Balaban J connectivity index is 1.55. The molecule has 0 bridgehead atoms. The molecule has 1 aliphatic rings. The van der Waals surface area contributed by atoms with Gasteiger partial charge in [0.1, 0.15) is 16.8 Å². The first-order valence-electron chi connectivity index (χ1n) is 10.7. The molecule has 3 amide bonds. The van der Waals surface area contributed by atoms with E-state index in [1.54, 1.807) is 35.1 Å². The number of amides is 3. The van der Waals surface area contributed by atoms with Crippen LogP contribution in [0.2, 0.25) is 0 Å². The number of benzene rings is 3. The number of carbonyl (C=O) groups is 2. The monoisotopic (exact) mass is 535 g/mol. The second-order valence-corrected chi connectivity index (χ2v) is 9.60. The third-order valence-corrected chi connectivity index (χ3v) is 6.71. The molecular formula is C24H20F3N3O6S. The fourth-order valence-electron chi connectivity index (χ4n) is 3.58. The van der Waals surface area contributed by atoms with E-state index in [9.17, 15) is 31.2 Å². The van der Waals surface area contributed by atoms with Crippen LogP contribution in [0.4, 0.5) is 23.7 Å². The molecule has 0 aliphatic carbocycles. The number of sulfonamides is 1. The number of alkyl halides is 2. The van der Waals surface area contributed by atoms with Gasteiger partial charge >= 0.3 is 12.3 Å². The van der Waals surface area contributed by atoms with E-state index in [-0.39, 0.29) is 23.6 Å². The van der Waals surface area contributed by atoms with Crippen molar-refractivity contribution < 1.29 is 40.7 Å². The molecule has 1 aliphatic heterocycles. The highest BCUT2D eigenvalue weighted by atomic mass is 32.2. The number of halogens is 3. The Morgan fingerprint density at radius 1 is 0.973 bits per heavy atom. The largest absolute Gasteiger partial charge is 0.586 e. The number of urea groups is 1. The molecule has 1 atom stereocenters. The van der Waals surface area contributed by atoms with E-state index in [2.05, 4.69) is 14.8 Å². The van der Waals surface area contributed by atoms with Crippen LogP contribution >= 0.6 is 0 Å². The zero-order valence-electron chi connectivity index (χ0n) is 19.2. The quantitative estimate of drug-likeness (QED) is 0.480. The Kier molecular flexibility index (Phi) is 6.99. The van der Waals surface area contributed by atoms with Crippen molar-refractivity contribution in [1.82, 2.24) is 10.0 Å². The fraction of sp³-hybridized carbons (Fsp3) is 0.167. The number of rotatable bonds is 7. The van der Waals surface area contributed by atoms with Gasteiger partial charge in [-0.25, -0.2) is 22.3 Å². The van der Waals surface area contributed by atoms with Crippen LogP contribution in [0.1, 0.15) is 5.56 Å². The van der Waals surface area contributed by atoms with Crippen LogP contribution in [0.3, 0.4) is 0 Å². The van der Waals surface area contributed by atoms with Crippen molar-refractivity contribution >= 4 is 27.6 Å². The van der Waals surface area contributed by atoms with Crippen LogP contribution < -0.4 is 24.4 Å². The second-order valence-electron chi connectivity index (χ2n) is 7.95. The van der Waals surface area contributed by atoms with E-state index in [1.807, 2.05) is 0 Å². The molecule has 0 aromatic heterocycles. The first-order valence-corrected chi connectivity index (χ1v) is 12.2. The number of ether oxygens (including phenoxy) is 2. The fourth-order valence-corrected chi connectivity index (χ4v) is 4.58. The van der Waals surface area contributed by atoms with Crippen molar-refractivity contribution in [3.63, 3.8) is 0 Å². The van der Waals surface area contributed by atoms with Gasteiger partial charge in [-0.05, 0) is 29.8 Å². The minimum Gasteiger partial charge on any atom is -0.395 e. The first-order chi connectivity index (χ1) is 17.4. The van der Waals surface area contributed by atoms with Crippen LogP contribution in [0, 0.1) is 5.82 Å². The average molecular weight is 536 g/mol. The summed E-state index contributed by atoms with van der Waals surface area (Å²) in [6, 6.07) is 14.2. The number of hydrogen-bond donors (Lipinski definition) is 2. The summed E-state index contributed by atoms with van der Waals surface area (Å²) in [6.45, 7) is 0. The molecule has 194 valence electrons. The third-order valence-electron chi connectivity index (χ3n) is 5.34. The van der Waals surface area contributed by atoms with Gasteiger partial charge < -0.3 is 19.7 Å². The van der Waals surface area contributed by atoms with Gasteiger partial charge in [0.05, 0.1) is 0 Å². The number of likely N-dealkylation sites (N-methyl/N-ethyl adjacent to an activating group) is 1. The molecule has 1 heterocycles. The summed E-state index contributed by atoms with van der Waals surface area (Å²) in [6.07, 6.45) is -3.89. The molecule has 0 spiro atoms. The minimum absolute atomic E-state index is 0.0419. The third kappa shape index (κ3) is 5.94. The lowest BCUT2D eigenvalue weighted by molar-refractivity contribution is -0.286. The molecule has 9 nitrogen and oxygen atoms in total. The van der Waals surface area contributed by atoms with E-state index in [0.29, 0.717) is 5.56 Å². The zero-order chi connectivity index (χ0) is 26.8. The second kappa shape index (κ2) is 10.0. The molecule has 0 fully saturated rings. The van der Waals surface area contributed by atoms with Gasteiger partial charge in [0.15, 0.2) is 11.5 Å². The van der Waals surface area contributed by atoms with E-state index < -0.39 is 45.0 Å². The van der Waals surface area contributed by atoms with Gasteiger partial charge in [-0.1, -0.05) is 42.5 Å². The van der Waals surface area contributed by atoms with E-state index in [1.165, 1.54) is 31.3 Å². The Morgan fingerprint density at radius 2 is 1.62 bits per heavy atom. The number of anilines is 1. The van der Waals surface area contributed by atoms with Crippen molar-refractivity contribution in [3.05, 3.63) is 84.2 Å². The van der Waals surface area contributed by atoms with Gasteiger partial charge in [-0.15, -0.1) is 8.78 Å². The SMILES string of the molecule is CN(C(=O)[C@H](Cc1ccccc1)NC(=O)NS(=O)(=O)c1ccccc1F)c1ccc2c(c1)OC(F)(F)O2. The minimum atomic E-state index is -4.59. The van der Waals surface area contributed by atoms with Gasteiger partial charge in [-0.2, -0.15) is 0 Å². The standard InChI is InChI=1S/C24H20F3N3O6S/c1-30(16-11-12-19-20(14-16)36-24(26,27)35-19)22(31)18(13-15-7-3-2-4-8-15)28-23(32)29-37(33,34)21-10-6-5-9-17(21)25/h2-12,14,18H,13H2,1H3,(H2,28,29,32)/t18-/m0/s1. The summed E-state index contributed by atoms with van der Waals surface area (Å²) < 4.78 is 76.2. The molecule has 0 saturated heterocycles. The summed E-state index contributed by atoms with van der Waals surface area (Å²) in [5.74, 6) is -2.27. The maximum Gasteiger partial charge on any atom is 0.586 e. The Bertz CT molecular complexity index is 1440. The van der Waals surface area contributed by atoms with Crippen molar-refractivity contribution in [2.24, 2.45) is 0 Å². The normalized spacial score (nSPS) is 14.5. The molecule has 37 heavy (non-hydrogen) atoms. The molecule has 13 heteroatoms. The predicted octanol–water partition coefficient (Wildman–Crippen LogP) is 3.41. The lowest BCUT2D eigenvalue weighted by Gasteiger charge is -2.25. The first kappa shape index (κ1) is 25.8. The molecule has 3 aromatic carbocycles. The van der Waals surface area contributed by atoms with Gasteiger partial charge in [0, 0.05) is 25.2 Å². The van der Waals surface area contributed by atoms with Gasteiger partial charge in [0.25, 0.3) is 10.0 Å². The summed E-state index contributed by atoms with van der Waals surface area (Å²) in [4.78, 5) is 26.3. The van der Waals surface area contributed by atoms with Crippen molar-refractivity contribution in [1.29, 1.82) is 0 Å². The maximum atomic E-state index is 14.0. The van der Waals surface area contributed by atoms with Crippen LogP contribution in [0.5, 0.6) is 11.5 Å².